The molecule has 1 amide bonds. The maximum absolute atomic E-state index is 12.7. The minimum absolute atomic E-state index is 0.0497. The lowest BCUT2D eigenvalue weighted by Crippen LogP contribution is -2.52. The Morgan fingerprint density at radius 1 is 1.33 bits per heavy atom. The Labute approximate surface area is 135 Å². The van der Waals surface area contributed by atoms with Gasteiger partial charge in [0.05, 0.1) is 5.56 Å². The Kier molecular flexibility index (Phi) is 3.47. The smallest absolute Gasteiger partial charge is 0.252 e. The van der Waals surface area contributed by atoms with Crippen molar-refractivity contribution in [3.05, 3.63) is 33.8 Å². The maximum atomic E-state index is 12.7. The van der Waals surface area contributed by atoms with Gasteiger partial charge in [0.2, 0.25) is 0 Å². The van der Waals surface area contributed by atoms with Crippen molar-refractivity contribution in [2.24, 2.45) is 16.7 Å². The zero-order chi connectivity index (χ0) is 15.4. The standard InChI is InChI=1S/C18H24BrNO/c1-11-5-6-13(14(19)9-11)15(21)20-16-17(2,3)12-7-8-18(16,4)10-12/h5-6,9,12,16H,7-8,10H2,1-4H3,(H,20,21). The average Bonchev–Trinajstić information content (AvgIpc) is 2.85. The first-order valence-corrected chi connectivity index (χ1v) is 8.60. The van der Waals surface area contributed by atoms with Gasteiger partial charge in [0.25, 0.3) is 5.91 Å². The maximum Gasteiger partial charge on any atom is 0.252 e. The second-order valence-electron chi connectivity index (χ2n) is 7.80. The number of aryl methyl sites for hydroxylation is 1. The summed E-state index contributed by atoms with van der Waals surface area (Å²) in [6, 6.07) is 6.18. The molecule has 3 unspecified atom stereocenters. The molecule has 0 radical (unpaired) electrons. The van der Waals surface area contributed by atoms with Crippen LogP contribution in [-0.4, -0.2) is 11.9 Å². The molecule has 2 saturated carbocycles. The molecule has 1 aromatic carbocycles. The molecule has 0 heterocycles. The Morgan fingerprint density at radius 3 is 2.62 bits per heavy atom. The van der Waals surface area contributed by atoms with Crippen LogP contribution in [-0.2, 0) is 0 Å². The van der Waals surface area contributed by atoms with Gasteiger partial charge in [-0.05, 0) is 76.6 Å². The minimum Gasteiger partial charge on any atom is -0.348 e. The van der Waals surface area contributed by atoms with E-state index in [9.17, 15) is 4.79 Å². The second kappa shape index (κ2) is 4.84. The number of halogens is 1. The van der Waals surface area contributed by atoms with Gasteiger partial charge < -0.3 is 5.32 Å². The summed E-state index contributed by atoms with van der Waals surface area (Å²) in [6.45, 7) is 9.01. The molecule has 1 N–H and O–H groups in total. The van der Waals surface area contributed by atoms with Crippen LogP contribution >= 0.6 is 15.9 Å². The monoisotopic (exact) mass is 349 g/mol. The fourth-order valence-electron chi connectivity index (χ4n) is 4.68. The highest BCUT2D eigenvalue weighted by molar-refractivity contribution is 9.10. The van der Waals surface area contributed by atoms with E-state index in [1.807, 2.05) is 25.1 Å². The number of amides is 1. The first-order chi connectivity index (χ1) is 9.74. The van der Waals surface area contributed by atoms with E-state index in [2.05, 4.69) is 42.0 Å². The van der Waals surface area contributed by atoms with E-state index in [-0.39, 0.29) is 22.8 Å². The summed E-state index contributed by atoms with van der Waals surface area (Å²) in [5, 5.41) is 3.35. The average molecular weight is 350 g/mol. The highest BCUT2D eigenvalue weighted by Crippen LogP contribution is 2.62. The van der Waals surface area contributed by atoms with E-state index in [1.165, 1.54) is 19.3 Å². The summed E-state index contributed by atoms with van der Waals surface area (Å²) in [4.78, 5) is 12.7. The van der Waals surface area contributed by atoms with Crippen LogP contribution in [0.25, 0.3) is 0 Å². The third-order valence-electron chi connectivity index (χ3n) is 5.91. The van der Waals surface area contributed by atoms with E-state index in [0.29, 0.717) is 0 Å². The number of carbonyl (C=O) groups excluding carboxylic acids is 1. The first kappa shape index (κ1) is 15.1. The van der Waals surface area contributed by atoms with Gasteiger partial charge in [-0.15, -0.1) is 0 Å². The van der Waals surface area contributed by atoms with Crippen molar-refractivity contribution in [1.29, 1.82) is 0 Å². The normalized spacial score (nSPS) is 33.2. The summed E-state index contributed by atoms with van der Waals surface area (Å²) in [5.41, 5.74) is 2.36. The van der Waals surface area contributed by atoms with Crippen molar-refractivity contribution in [1.82, 2.24) is 5.32 Å². The predicted octanol–water partition coefficient (Wildman–Crippen LogP) is 4.70. The highest BCUT2D eigenvalue weighted by atomic mass is 79.9. The van der Waals surface area contributed by atoms with Crippen molar-refractivity contribution in [3.8, 4) is 0 Å². The molecule has 21 heavy (non-hydrogen) atoms. The topological polar surface area (TPSA) is 29.1 Å². The molecule has 0 saturated heterocycles. The van der Waals surface area contributed by atoms with Crippen molar-refractivity contribution >= 4 is 21.8 Å². The van der Waals surface area contributed by atoms with Crippen LogP contribution < -0.4 is 5.32 Å². The molecular weight excluding hydrogens is 326 g/mol. The van der Waals surface area contributed by atoms with Gasteiger partial charge in [-0.3, -0.25) is 4.79 Å². The summed E-state index contributed by atoms with van der Waals surface area (Å²) >= 11 is 3.52. The summed E-state index contributed by atoms with van der Waals surface area (Å²) in [5.74, 6) is 0.794. The van der Waals surface area contributed by atoms with Crippen LogP contribution in [0.1, 0.15) is 56.0 Å². The summed E-state index contributed by atoms with van der Waals surface area (Å²) in [6.07, 6.45) is 3.80. The molecule has 114 valence electrons. The summed E-state index contributed by atoms with van der Waals surface area (Å²) in [7, 11) is 0. The SMILES string of the molecule is Cc1ccc(C(=O)NC2C3(C)CCC(C3)C2(C)C)c(Br)c1. The third-order valence-corrected chi connectivity index (χ3v) is 6.57. The minimum atomic E-state index is 0.0497. The zero-order valence-electron chi connectivity index (χ0n) is 13.3. The number of fused-ring (bicyclic) bond motifs is 2. The molecule has 2 aliphatic rings. The van der Waals surface area contributed by atoms with Gasteiger partial charge in [0, 0.05) is 10.5 Å². The molecule has 1 aromatic rings. The quantitative estimate of drug-likeness (QED) is 0.823. The number of carbonyl (C=O) groups is 1. The largest absolute Gasteiger partial charge is 0.348 e. The van der Waals surface area contributed by atoms with Crippen LogP contribution in [0.3, 0.4) is 0 Å². The van der Waals surface area contributed by atoms with Crippen molar-refractivity contribution in [2.75, 3.05) is 0 Å². The van der Waals surface area contributed by atoms with E-state index >= 15 is 0 Å². The van der Waals surface area contributed by atoms with Gasteiger partial charge in [0.1, 0.15) is 0 Å². The molecule has 0 aromatic heterocycles. The van der Waals surface area contributed by atoms with Gasteiger partial charge >= 0.3 is 0 Å². The fourth-order valence-corrected chi connectivity index (χ4v) is 5.35. The fraction of sp³-hybridized carbons (Fsp3) is 0.611. The van der Waals surface area contributed by atoms with Gasteiger partial charge in [0.15, 0.2) is 0 Å². The lowest BCUT2D eigenvalue weighted by atomic mass is 9.68. The number of hydrogen-bond donors (Lipinski definition) is 1. The molecule has 2 fully saturated rings. The number of rotatable bonds is 2. The molecule has 3 heteroatoms. The zero-order valence-corrected chi connectivity index (χ0v) is 14.9. The first-order valence-electron chi connectivity index (χ1n) is 7.81. The molecule has 3 atom stereocenters. The van der Waals surface area contributed by atoms with Crippen molar-refractivity contribution < 1.29 is 4.79 Å². The predicted molar refractivity (Wildman–Crippen MR) is 89.4 cm³/mol. The molecule has 2 bridgehead atoms. The van der Waals surface area contributed by atoms with Crippen LogP contribution in [0.15, 0.2) is 22.7 Å². The van der Waals surface area contributed by atoms with Crippen LogP contribution in [0.5, 0.6) is 0 Å². The van der Waals surface area contributed by atoms with Gasteiger partial charge in [-0.2, -0.15) is 0 Å². The van der Waals surface area contributed by atoms with E-state index in [4.69, 9.17) is 0 Å². The summed E-state index contributed by atoms with van der Waals surface area (Å²) < 4.78 is 0.881. The Morgan fingerprint density at radius 2 is 2.05 bits per heavy atom. The number of benzene rings is 1. The van der Waals surface area contributed by atoms with Gasteiger partial charge in [-0.1, -0.05) is 26.8 Å². The highest BCUT2D eigenvalue weighted by Gasteiger charge is 2.59. The lowest BCUT2D eigenvalue weighted by Gasteiger charge is -2.43. The van der Waals surface area contributed by atoms with Gasteiger partial charge in [-0.25, -0.2) is 0 Å². The molecule has 2 nitrogen and oxygen atoms in total. The van der Waals surface area contributed by atoms with Crippen molar-refractivity contribution in [2.45, 2.75) is 53.0 Å². The molecular formula is C18H24BrNO. The molecule has 3 rings (SSSR count). The lowest BCUT2D eigenvalue weighted by molar-refractivity contribution is 0.0737. The molecule has 0 spiro atoms. The molecule has 0 aliphatic heterocycles. The van der Waals surface area contributed by atoms with Crippen LogP contribution in [0.2, 0.25) is 0 Å². The number of hydrogen-bond acceptors (Lipinski definition) is 1. The Balaban J connectivity index is 1.85. The van der Waals surface area contributed by atoms with Crippen LogP contribution in [0, 0.1) is 23.7 Å². The van der Waals surface area contributed by atoms with E-state index in [1.54, 1.807) is 0 Å². The van der Waals surface area contributed by atoms with Crippen molar-refractivity contribution in [3.63, 3.8) is 0 Å². The third kappa shape index (κ3) is 2.34. The Bertz CT molecular complexity index is 590. The van der Waals surface area contributed by atoms with Crippen LogP contribution in [0.4, 0.5) is 0 Å². The second-order valence-corrected chi connectivity index (χ2v) is 8.66. The Hall–Kier alpha value is -0.830. The van der Waals surface area contributed by atoms with E-state index in [0.717, 1.165) is 21.5 Å². The van der Waals surface area contributed by atoms with E-state index < -0.39 is 0 Å². The molecule has 2 aliphatic carbocycles. The number of nitrogens with one attached hydrogen (secondary N) is 1.